The molecule has 1 amide bonds. The number of alkyl halides is 1. The lowest BCUT2D eigenvalue weighted by atomic mass is 10.2. The van der Waals surface area contributed by atoms with E-state index < -0.39 is 18.8 Å². The molecular weight excluding hydrogens is 313 g/mol. The maximum atomic E-state index is 13.3. The second-order valence-corrected chi connectivity index (χ2v) is 6.29. The molecule has 132 valence electrons. The molecule has 24 heavy (non-hydrogen) atoms. The van der Waals surface area contributed by atoms with Crippen molar-refractivity contribution in [2.45, 2.75) is 50.7 Å². The van der Waals surface area contributed by atoms with Gasteiger partial charge in [0.2, 0.25) is 0 Å². The molecule has 1 aromatic carbocycles. The summed E-state index contributed by atoms with van der Waals surface area (Å²) in [6.07, 6.45) is 2.55. The molecule has 1 aromatic rings. The van der Waals surface area contributed by atoms with E-state index >= 15 is 0 Å². The summed E-state index contributed by atoms with van der Waals surface area (Å²) >= 11 is 0. The van der Waals surface area contributed by atoms with Crippen molar-refractivity contribution in [3.63, 3.8) is 0 Å². The zero-order valence-corrected chi connectivity index (χ0v) is 13.7. The van der Waals surface area contributed by atoms with Gasteiger partial charge < -0.3 is 14.2 Å². The van der Waals surface area contributed by atoms with Crippen molar-refractivity contribution in [1.82, 2.24) is 4.90 Å². The minimum Gasteiger partial charge on any atom is -0.445 e. The maximum Gasteiger partial charge on any atom is 0.410 e. The molecule has 2 fully saturated rings. The monoisotopic (exact) mass is 337 g/mol. The van der Waals surface area contributed by atoms with E-state index in [2.05, 4.69) is 0 Å². The molecule has 3 atom stereocenters. The molecular formula is C18H24FNO4. The van der Waals surface area contributed by atoms with Crippen LogP contribution in [0.2, 0.25) is 0 Å². The van der Waals surface area contributed by atoms with Crippen molar-refractivity contribution >= 4 is 6.09 Å². The van der Waals surface area contributed by atoms with E-state index in [4.69, 9.17) is 14.2 Å². The smallest absolute Gasteiger partial charge is 0.410 e. The SMILES string of the molecule is O=C(OCc1ccccc1)N1C[C@@H](OC2CCCCO2)C[C@@H]1CF. The lowest BCUT2D eigenvalue weighted by molar-refractivity contribution is -0.184. The molecule has 0 N–H and O–H groups in total. The summed E-state index contributed by atoms with van der Waals surface area (Å²) in [7, 11) is 0. The fraction of sp³-hybridized carbons (Fsp3) is 0.611. The zero-order valence-electron chi connectivity index (χ0n) is 13.7. The van der Waals surface area contributed by atoms with Gasteiger partial charge in [0.25, 0.3) is 0 Å². The lowest BCUT2D eigenvalue weighted by Gasteiger charge is -2.25. The van der Waals surface area contributed by atoms with Gasteiger partial charge in [0.15, 0.2) is 6.29 Å². The van der Waals surface area contributed by atoms with Gasteiger partial charge in [-0.15, -0.1) is 0 Å². The van der Waals surface area contributed by atoms with Gasteiger partial charge in [-0.2, -0.15) is 0 Å². The highest BCUT2D eigenvalue weighted by Gasteiger charge is 2.38. The number of hydrogen-bond acceptors (Lipinski definition) is 4. The Balaban J connectivity index is 1.50. The van der Waals surface area contributed by atoms with Gasteiger partial charge in [-0.1, -0.05) is 30.3 Å². The van der Waals surface area contributed by atoms with Crippen LogP contribution in [0.25, 0.3) is 0 Å². The molecule has 0 aliphatic carbocycles. The van der Waals surface area contributed by atoms with Crippen molar-refractivity contribution in [2.75, 3.05) is 19.8 Å². The third kappa shape index (κ3) is 4.45. The Hall–Kier alpha value is -1.66. The van der Waals surface area contributed by atoms with Crippen LogP contribution in [0.3, 0.4) is 0 Å². The molecule has 0 spiro atoms. The van der Waals surface area contributed by atoms with Gasteiger partial charge >= 0.3 is 6.09 Å². The summed E-state index contributed by atoms with van der Waals surface area (Å²) in [5, 5.41) is 0. The van der Waals surface area contributed by atoms with Crippen LogP contribution in [0.15, 0.2) is 30.3 Å². The number of halogens is 1. The average Bonchev–Trinajstić information content (AvgIpc) is 3.04. The number of likely N-dealkylation sites (tertiary alicyclic amines) is 1. The van der Waals surface area contributed by atoms with Gasteiger partial charge in [0.05, 0.1) is 18.7 Å². The Morgan fingerprint density at radius 1 is 1.29 bits per heavy atom. The number of rotatable bonds is 5. The molecule has 2 saturated heterocycles. The highest BCUT2D eigenvalue weighted by atomic mass is 19.1. The second kappa shape index (κ2) is 8.44. The summed E-state index contributed by atoms with van der Waals surface area (Å²) in [4.78, 5) is 13.7. The van der Waals surface area contributed by atoms with Crippen LogP contribution in [0.4, 0.5) is 9.18 Å². The molecule has 0 aromatic heterocycles. The Morgan fingerprint density at radius 3 is 2.83 bits per heavy atom. The average molecular weight is 337 g/mol. The van der Waals surface area contributed by atoms with E-state index in [1.807, 2.05) is 30.3 Å². The number of carbonyl (C=O) groups excluding carboxylic acids is 1. The molecule has 0 bridgehead atoms. The molecule has 0 saturated carbocycles. The maximum absolute atomic E-state index is 13.3. The van der Waals surface area contributed by atoms with Crippen LogP contribution >= 0.6 is 0 Å². The van der Waals surface area contributed by atoms with Crippen LogP contribution in [0.5, 0.6) is 0 Å². The molecule has 3 rings (SSSR count). The number of amides is 1. The predicted molar refractivity (Wildman–Crippen MR) is 86.2 cm³/mol. The summed E-state index contributed by atoms with van der Waals surface area (Å²) in [5.41, 5.74) is 0.908. The first-order chi connectivity index (χ1) is 11.8. The number of hydrogen-bond donors (Lipinski definition) is 0. The minimum atomic E-state index is -0.591. The zero-order chi connectivity index (χ0) is 16.8. The summed E-state index contributed by atoms with van der Waals surface area (Å²) < 4.78 is 30.1. The molecule has 0 radical (unpaired) electrons. The first-order valence-corrected chi connectivity index (χ1v) is 8.56. The van der Waals surface area contributed by atoms with E-state index in [1.54, 1.807) is 0 Å². The van der Waals surface area contributed by atoms with Crippen LogP contribution in [-0.4, -0.2) is 49.3 Å². The van der Waals surface area contributed by atoms with Crippen molar-refractivity contribution < 1.29 is 23.4 Å². The third-order valence-electron chi connectivity index (χ3n) is 4.48. The van der Waals surface area contributed by atoms with Gasteiger partial charge in [-0.25, -0.2) is 9.18 Å². The topological polar surface area (TPSA) is 48.0 Å². The number of benzene rings is 1. The third-order valence-corrected chi connectivity index (χ3v) is 4.48. The van der Waals surface area contributed by atoms with E-state index in [9.17, 15) is 9.18 Å². The first-order valence-electron chi connectivity index (χ1n) is 8.56. The highest BCUT2D eigenvalue weighted by molar-refractivity contribution is 5.68. The molecule has 2 aliphatic rings. The molecule has 2 aliphatic heterocycles. The van der Waals surface area contributed by atoms with Crippen LogP contribution < -0.4 is 0 Å². The van der Waals surface area contributed by atoms with Gasteiger partial charge in [0.1, 0.15) is 13.3 Å². The molecule has 2 heterocycles. The number of carbonyl (C=O) groups is 1. The molecule has 6 heteroatoms. The van der Waals surface area contributed by atoms with E-state index in [1.165, 1.54) is 4.90 Å². The van der Waals surface area contributed by atoms with E-state index in [-0.39, 0.29) is 19.0 Å². The summed E-state index contributed by atoms with van der Waals surface area (Å²) in [5.74, 6) is 0. The standard InChI is InChI=1S/C18H24FNO4/c19-11-15-10-16(24-17-8-4-5-9-22-17)12-20(15)18(21)23-13-14-6-2-1-3-7-14/h1-3,6-7,15-17H,4-5,8-13H2/t15-,16+,17?/m1/s1. The van der Waals surface area contributed by atoms with Crippen LogP contribution in [-0.2, 0) is 20.8 Å². The second-order valence-electron chi connectivity index (χ2n) is 6.29. The van der Waals surface area contributed by atoms with Crippen LogP contribution in [0.1, 0.15) is 31.2 Å². The normalized spacial score (nSPS) is 27.2. The Labute approximate surface area is 141 Å². The quantitative estimate of drug-likeness (QED) is 0.827. The molecule has 1 unspecified atom stereocenters. The van der Waals surface area contributed by atoms with Crippen molar-refractivity contribution in [3.05, 3.63) is 35.9 Å². The number of ether oxygens (including phenoxy) is 3. The number of nitrogens with zero attached hydrogens (tertiary/aromatic N) is 1. The fourth-order valence-corrected chi connectivity index (χ4v) is 3.18. The minimum absolute atomic E-state index is 0.187. The van der Waals surface area contributed by atoms with E-state index in [0.717, 1.165) is 24.8 Å². The lowest BCUT2D eigenvalue weighted by Crippen LogP contribution is -2.38. The van der Waals surface area contributed by atoms with E-state index in [0.29, 0.717) is 19.6 Å². The fourth-order valence-electron chi connectivity index (χ4n) is 3.18. The Morgan fingerprint density at radius 2 is 2.12 bits per heavy atom. The summed E-state index contributed by atoms with van der Waals surface area (Å²) in [6.45, 7) is 0.646. The van der Waals surface area contributed by atoms with Crippen molar-refractivity contribution in [2.24, 2.45) is 0 Å². The van der Waals surface area contributed by atoms with Crippen molar-refractivity contribution in [3.8, 4) is 0 Å². The molecule has 5 nitrogen and oxygen atoms in total. The Kier molecular flexibility index (Phi) is 6.04. The van der Waals surface area contributed by atoms with Crippen LogP contribution in [0, 0.1) is 0 Å². The Bertz CT molecular complexity index is 521. The van der Waals surface area contributed by atoms with Crippen molar-refractivity contribution in [1.29, 1.82) is 0 Å². The van der Waals surface area contributed by atoms with Gasteiger partial charge in [-0.3, -0.25) is 4.90 Å². The van der Waals surface area contributed by atoms with Gasteiger partial charge in [0, 0.05) is 6.61 Å². The largest absolute Gasteiger partial charge is 0.445 e. The summed E-state index contributed by atoms with van der Waals surface area (Å²) in [6, 6.07) is 8.96. The predicted octanol–water partition coefficient (Wildman–Crippen LogP) is 3.28. The highest BCUT2D eigenvalue weighted by Crippen LogP contribution is 2.25. The van der Waals surface area contributed by atoms with Gasteiger partial charge in [-0.05, 0) is 31.2 Å². The first kappa shape index (κ1) is 17.2.